The summed E-state index contributed by atoms with van der Waals surface area (Å²) in [6, 6.07) is 5.74. The van der Waals surface area contributed by atoms with Crippen molar-refractivity contribution < 1.29 is 13.9 Å². The van der Waals surface area contributed by atoms with Gasteiger partial charge in [-0.3, -0.25) is 9.59 Å². The summed E-state index contributed by atoms with van der Waals surface area (Å²) in [7, 11) is 0. The number of hydrogen-bond donors (Lipinski definition) is 0. The van der Waals surface area contributed by atoms with Gasteiger partial charge in [0.2, 0.25) is 0 Å². The first-order chi connectivity index (χ1) is 11.5. The fourth-order valence-electron chi connectivity index (χ4n) is 3.13. The third-order valence-electron chi connectivity index (χ3n) is 4.65. The van der Waals surface area contributed by atoms with Gasteiger partial charge in [0.15, 0.2) is 11.7 Å². The lowest BCUT2D eigenvalue weighted by atomic mass is 9.82. The molecule has 2 heterocycles. The molecule has 0 aliphatic carbocycles. The van der Waals surface area contributed by atoms with Crippen LogP contribution in [0, 0.1) is 11.2 Å². The highest BCUT2D eigenvalue weighted by atomic mass is 19.1. The predicted octanol–water partition coefficient (Wildman–Crippen LogP) is 3.28. The summed E-state index contributed by atoms with van der Waals surface area (Å²) < 4.78 is 20.5. The second kappa shape index (κ2) is 6.69. The van der Waals surface area contributed by atoms with Crippen LogP contribution < -0.4 is 5.43 Å². The van der Waals surface area contributed by atoms with Crippen LogP contribution in [0.2, 0.25) is 0 Å². The summed E-state index contributed by atoms with van der Waals surface area (Å²) in [5.41, 5.74) is 0.872. The van der Waals surface area contributed by atoms with Crippen molar-refractivity contribution >= 4 is 6.29 Å². The van der Waals surface area contributed by atoms with Crippen molar-refractivity contribution in [3.63, 3.8) is 0 Å². The highest BCUT2D eigenvalue weighted by molar-refractivity contribution is 5.77. The van der Waals surface area contributed by atoms with Gasteiger partial charge in [0, 0.05) is 37.7 Å². The van der Waals surface area contributed by atoms with Gasteiger partial charge >= 0.3 is 0 Å². The minimum atomic E-state index is -0.361. The first kappa shape index (κ1) is 16.6. The van der Waals surface area contributed by atoms with Crippen molar-refractivity contribution in [1.82, 2.24) is 4.57 Å². The van der Waals surface area contributed by atoms with Crippen LogP contribution >= 0.6 is 0 Å². The number of benzene rings is 1. The zero-order valence-corrected chi connectivity index (χ0v) is 13.6. The van der Waals surface area contributed by atoms with Gasteiger partial charge in [0.1, 0.15) is 5.82 Å². The molecule has 0 atom stereocenters. The smallest absolute Gasteiger partial charge is 0.199 e. The molecule has 0 saturated carbocycles. The molecule has 2 aromatic rings. The molecule has 0 unspecified atom stereocenters. The Kier molecular flexibility index (Phi) is 4.62. The van der Waals surface area contributed by atoms with E-state index in [-0.39, 0.29) is 22.2 Å². The maximum absolute atomic E-state index is 13.1. The molecule has 5 heteroatoms. The number of nitrogens with zero attached hydrogens (tertiary/aromatic N) is 1. The number of halogens is 1. The molecule has 3 rings (SSSR count). The fourth-order valence-corrected chi connectivity index (χ4v) is 3.13. The van der Waals surface area contributed by atoms with Gasteiger partial charge in [-0.05, 0) is 36.0 Å². The minimum absolute atomic E-state index is 0.0630. The van der Waals surface area contributed by atoms with Gasteiger partial charge in [-0.1, -0.05) is 19.1 Å². The topological polar surface area (TPSA) is 48.3 Å². The van der Waals surface area contributed by atoms with Gasteiger partial charge in [-0.15, -0.1) is 0 Å². The summed E-state index contributed by atoms with van der Waals surface area (Å²) in [5.74, 6) is -0.361. The lowest BCUT2D eigenvalue weighted by Crippen LogP contribution is -2.31. The van der Waals surface area contributed by atoms with Gasteiger partial charge in [-0.2, -0.15) is 0 Å². The lowest BCUT2D eigenvalue weighted by Gasteiger charge is -2.34. The summed E-state index contributed by atoms with van der Waals surface area (Å²) in [6.07, 6.45) is 5.80. The van der Waals surface area contributed by atoms with Crippen LogP contribution in [0.1, 0.15) is 30.1 Å². The van der Waals surface area contributed by atoms with Crippen LogP contribution in [0.15, 0.2) is 41.5 Å². The molecule has 1 aromatic carbocycles. The Morgan fingerprint density at radius 3 is 2.50 bits per heavy atom. The zero-order valence-electron chi connectivity index (χ0n) is 13.6. The van der Waals surface area contributed by atoms with Crippen molar-refractivity contribution in [2.45, 2.75) is 26.3 Å². The van der Waals surface area contributed by atoms with E-state index >= 15 is 0 Å². The summed E-state index contributed by atoms with van der Waals surface area (Å²) >= 11 is 0. The number of carbonyl (C=O) groups excluding carboxylic acids is 1. The Morgan fingerprint density at radius 1 is 1.21 bits per heavy atom. The number of aromatic nitrogens is 1. The van der Waals surface area contributed by atoms with Crippen molar-refractivity contribution in [1.29, 1.82) is 0 Å². The van der Waals surface area contributed by atoms with E-state index in [4.69, 9.17) is 4.74 Å². The second-order valence-corrected chi connectivity index (χ2v) is 6.68. The molecule has 1 aromatic heterocycles. The Labute approximate surface area is 139 Å². The van der Waals surface area contributed by atoms with E-state index in [1.807, 2.05) is 4.57 Å². The highest BCUT2D eigenvalue weighted by Gasteiger charge is 2.28. The van der Waals surface area contributed by atoms with Crippen LogP contribution in [-0.4, -0.2) is 24.1 Å². The van der Waals surface area contributed by atoms with Crippen LogP contribution in [0.4, 0.5) is 4.39 Å². The fraction of sp³-hybridized carbons (Fsp3) is 0.368. The molecular formula is C19H20FNO3. The molecule has 0 spiro atoms. The lowest BCUT2D eigenvalue weighted by molar-refractivity contribution is 0.0154. The third-order valence-corrected chi connectivity index (χ3v) is 4.65. The third kappa shape index (κ3) is 3.46. The molecule has 126 valence electrons. The standard InChI is InChI=1S/C19H20FNO3/c1-19(6-8-24-9-7-19)13-21-10-15(12-22)18(23)17(11-21)14-2-4-16(20)5-3-14/h2-5,10-12H,6-9,13H2,1H3. The maximum atomic E-state index is 13.1. The molecule has 0 amide bonds. The molecule has 1 aliphatic heterocycles. The number of aldehydes is 1. The van der Waals surface area contributed by atoms with Crippen molar-refractivity contribution in [3.8, 4) is 11.1 Å². The van der Waals surface area contributed by atoms with Crippen LogP contribution in [-0.2, 0) is 11.3 Å². The molecule has 1 saturated heterocycles. The van der Waals surface area contributed by atoms with E-state index < -0.39 is 0 Å². The average Bonchev–Trinajstić information content (AvgIpc) is 2.57. The normalized spacial score (nSPS) is 16.8. The Balaban J connectivity index is 2.01. The van der Waals surface area contributed by atoms with Crippen molar-refractivity contribution in [3.05, 3.63) is 58.3 Å². The molecule has 0 radical (unpaired) electrons. The van der Waals surface area contributed by atoms with E-state index in [1.54, 1.807) is 24.5 Å². The first-order valence-corrected chi connectivity index (χ1v) is 8.04. The number of ether oxygens (including phenoxy) is 1. The number of pyridine rings is 1. The Bertz CT molecular complexity index is 789. The SMILES string of the molecule is CC1(Cn2cc(C=O)c(=O)c(-c3ccc(F)cc3)c2)CCOCC1. The molecule has 1 fully saturated rings. The maximum Gasteiger partial charge on any atom is 0.199 e. The number of hydrogen-bond acceptors (Lipinski definition) is 3. The number of carbonyl (C=O) groups is 1. The minimum Gasteiger partial charge on any atom is -0.381 e. The molecule has 24 heavy (non-hydrogen) atoms. The quantitative estimate of drug-likeness (QED) is 0.809. The van der Waals surface area contributed by atoms with Crippen molar-refractivity contribution in [2.24, 2.45) is 5.41 Å². The van der Waals surface area contributed by atoms with Gasteiger partial charge in [0.25, 0.3) is 0 Å². The zero-order chi connectivity index (χ0) is 17.2. The first-order valence-electron chi connectivity index (χ1n) is 8.04. The van der Waals surface area contributed by atoms with E-state index in [2.05, 4.69) is 6.92 Å². The summed E-state index contributed by atoms with van der Waals surface area (Å²) in [6.45, 7) is 4.33. The average molecular weight is 329 g/mol. The number of rotatable bonds is 4. The Hall–Kier alpha value is -2.27. The van der Waals surface area contributed by atoms with Crippen LogP contribution in [0.3, 0.4) is 0 Å². The predicted molar refractivity (Wildman–Crippen MR) is 89.6 cm³/mol. The molecule has 1 aliphatic rings. The molecule has 4 nitrogen and oxygen atoms in total. The van der Waals surface area contributed by atoms with Crippen molar-refractivity contribution in [2.75, 3.05) is 13.2 Å². The van der Waals surface area contributed by atoms with Crippen LogP contribution in [0.5, 0.6) is 0 Å². The second-order valence-electron chi connectivity index (χ2n) is 6.68. The Morgan fingerprint density at radius 2 is 1.88 bits per heavy atom. The van der Waals surface area contributed by atoms with Gasteiger partial charge in [0.05, 0.1) is 5.56 Å². The van der Waals surface area contributed by atoms with Gasteiger partial charge in [-0.25, -0.2) is 4.39 Å². The summed E-state index contributed by atoms with van der Waals surface area (Å²) in [4.78, 5) is 23.7. The molecular weight excluding hydrogens is 309 g/mol. The van der Waals surface area contributed by atoms with E-state index in [9.17, 15) is 14.0 Å². The largest absolute Gasteiger partial charge is 0.381 e. The molecule has 0 bridgehead atoms. The highest BCUT2D eigenvalue weighted by Crippen LogP contribution is 2.32. The van der Waals surface area contributed by atoms with Gasteiger partial charge < -0.3 is 9.30 Å². The van der Waals surface area contributed by atoms with E-state index in [0.717, 1.165) is 26.1 Å². The molecule has 0 N–H and O–H groups in total. The van der Waals surface area contributed by atoms with E-state index in [1.165, 1.54) is 12.1 Å². The van der Waals surface area contributed by atoms with E-state index in [0.29, 0.717) is 24.0 Å². The monoisotopic (exact) mass is 329 g/mol. The summed E-state index contributed by atoms with van der Waals surface area (Å²) in [5, 5.41) is 0. The van der Waals surface area contributed by atoms with Crippen LogP contribution in [0.25, 0.3) is 11.1 Å².